The highest BCUT2D eigenvalue weighted by Crippen LogP contribution is 2.22. The van der Waals surface area contributed by atoms with E-state index in [2.05, 4.69) is 10.7 Å². The third-order valence-corrected chi connectivity index (χ3v) is 3.80. The van der Waals surface area contributed by atoms with Gasteiger partial charge in [0, 0.05) is 12.6 Å². The van der Waals surface area contributed by atoms with E-state index in [1.807, 2.05) is 18.7 Å². The molecular formula is C13H24N4O3. The molecule has 1 heterocycles. The van der Waals surface area contributed by atoms with Crippen LogP contribution in [0.5, 0.6) is 0 Å². The molecule has 2 aliphatic rings. The first-order valence-electron chi connectivity index (χ1n) is 7.19. The van der Waals surface area contributed by atoms with Gasteiger partial charge in [0.2, 0.25) is 5.91 Å². The van der Waals surface area contributed by atoms with E-state index < -0.39 is 12.1 Å². The highest BCUT2D eigenvalue weighted by atomic mass is 16.5. The van der Waals surface area contributed by atoms with Gasteiger partial charge in [0.25, 0.3) is 5.91 Å². The summed E-state index contributed by atoms with van der Waals surface area (Å²) in [6.07, 6.45) is 2.08. The van der Waals surface area contributed by atoms with Gasteiger partial charge in [-0.3, -0.25) is 19.9 Å². The molecule has 2 amide bonds. The van der Waals surface area contributed by atoms with Crippen LogP contribution in [0.3, 0.4) is 0 Å². The Kier molecular flexibility index (Phi) is 4.95. The summed E-state index contributed by atoms with van der Waals surface area (Å²) in [4.78, 5) is 26.2. The molecule has 4 N–H and O–H groups in total. The average Bonchev–Trinajstić information content (AvgIpc) is 3.22. The van der Waals surface area contributed by atoms with Crippen LogP contribution in [0.1, 0.15) is 26.7 Å². The maximum atomic E-state index is 12.3. The van der Waals surface area contributed by atoms with Gasteiger partial charge in [-0.1, -0.05) is 13.8 Å². The molecule has 0 radical (unpaired) electrons. The third-order valence-electron chi connectivity index (χ3n) is 3.80. The van der Waals surface area contributed by atoms with Crippen LogP contribution in [-0.2, 0) is 14.3 Å². The number of rotatable bonds is 5. The van der Waals surface area contributed by atoms with Gasteiger partial charge in [-0.15, -0.1) is 0 Å². The fourth-order valence-corrected chi connectivity index (χ4v) is 2.62. The van der Waals surface area contributed by atoms with Crippen molar-refractivity contribution >= 4 is 11.8 Å². The second-order valence-corrected chi connectivity index (χ2v) is 5.81. The minimum absolute atomic E-state index is 0.0531. The maximum absolute atomic E-state index is 12.3. The number of hydrogen-bond donors (Lipinski definition) is 3. The van der Waals surface area contributed by atoms with Crippen molar-refractivity contribution in [3.63, 3.8) is 0 Å². The molecule has 0 aromatic carbocycles. The van der Waals surface area contributed by atoms with Gasteiger partial charge < -0.3 is 10.1 Å². The zero-order valence-electron chi connectivity index (χ0n) is 12.1. The molecule has 2 atom stereocenters. The minimum atomic E-state index is -0.422. The van der Waals surface area contributed by atoms with Crippen molar-refractivity contribution in [2.45, 2.75) is 44.8 Å². The molecule has 7 nitrogen and oxygen atoms in total. The highest BCUT2D eigenvalue weighted by molar-refractivity contribution is 5.85. The molecule has 2 rings (SSSR count). The molecular weight excluding hydrogens is 260 g/mol. The number of hydrazine groups is 1. The third kappa shape index (κ3) is 3.47. The number of nitrogens with one attached hydrogen (secondary N) is 2. The van der Waals surface area contributed by atoms with E-state index in [-0.39, 0.29) is 17.7 Å². The molecule has 2 unspecified atom stereocenters. The molecule has 2 fully saturated rings. The topological polar surface area (TPSA) is 96.7 Å². The minimum Gasteiger partial charge on any atom is -0.378 e. The number of hydrogen-bond acceptors (Lipinski definition) is 5. The van der Waals surface area contributed by atoms with Crippen molar-refractivity contribution in [3.8, 4) is 0 Å². The van der Waals surface area contributed by atoms with Crippen molar-refractivity contribution in [2.75, 3.05) is 19.8 Å². The fourth-order valence-electron chi connectivity index (χ4n) is 2.62. The standard InChI is InChI=1S/C13H24N4O3/c1-8(2)11(13(19)16-14)17-5-6-20-7-10(17)12(18)15-9-3-4-9/h8-11H,3-7,14H2,1-2H3,(H,15,18)(H,16,19). The fraction of sp³-hybridized carbons (Fsp3) is 0.846. The monoisotopic (exact) mass is 284 g/mol. The molecule has 0 aromatic rings. The van der Waals surface area contributed by atoms with Crippen molar-refractivity contribution in [1.29, 1.82) is 0 Å². The van der Waals surface area contributed by atoms with Crippen LogP contribution in [0.15, 0.2) is 0 Å². The summed E-state index contributed by atoms with van der Waals surface area (Å²) >= 11 is 0. The summed E-state index contributed by atoms with van der Waals surface area (Å²) in [7, 11) is 0. The predicted molar refractivity (Wildman–Crippen MR) is 73.4 cm³/mol. The van der Waals surface area contributed by atoms with Crippen molar-refractivity contribution in [2.24, 2.45) is 11.8 Å². The molecule has 1 aliphatic heterocycles. The van der Waals surface area contributed by atoms with Crippen molar-refractivity contribution < 1.29 is 14.3 Å². The van der Waals surface area contributed by atoms with Crippen LogP contribution >= 0.6 is 0 Å². The zero-order valence-corrected chi connectivity index (χ0v) is 12.1. The molecule has 7 heteroatoms. The number of nitrogens with two attached hydrogens (primary N) is 1. The lowest BCUT2D eigenvalue weighted by molar-refractivity contribution is -0.142. The molecule has 1 saturated heterocycles. The van der Waals surface area contributed by atoms with E-state index in [1.54, 1.807) is 0 Å². The van der Waals surface area contributed by atoms with Crippen LogP contribution in [0, 0.1) is 5.92 Å². The highest BCUT2D eigenvalue weighted by Gasteiger charge is 2.40. The Morgan fingerprint density at radius 3 is 2.60 bits per heavy atom. The number of morpholine rings is 1. The van der Waals surface area contributed by atoms with E-state index >= 15 is 0 Å². The van der Waals surface area contributed by atoms with Crippen molar-refractivity contribution in [1.82, 2.24) is 15.6 Å². The Balaban J connectivity index is 2.10. The van der Waals surface area contributed by atoms with Gasteiger partial charge >= 0.3 is 0 Å². The zero-order chi connectivity index (χ0) is 14.7. The summed E-state index contributed by atoms with van der Waals surface area (Å²) in [5.74, 6) is 5.02. The Hall–Kier alpha value is -1.18. The summed E-state index contributed by atoms with van der Waals surface area (Å²) in [5.41, 5.74) is 2.20. The molecule has 1 aliphatic carbocycles. The molecule has 0 spiro atoms. The first-order chi connectivity index (χ1) is 9.54. The first kappa shape index (κ1) is 15.2. The van der Waals surface area contributed by atoms with E-state index in [4.69, 9.17) is 10.6 Å². The van der Waals surface area contributed by atoms with E-state index in [9.17, 15) is 9.59 Å². The lowest BCUT2D eigenvalue weighted by atomic mass is 9.99. The first-order valence-corrected chi connectivity index (χ1v) is 7.19. The van der Waals surface area contributed by atoms with Gasteiger partial charge in [0.05, 0.1) is 19.3 Å². The van der Waals surface area contributed by atoms with Gasteiger partial charge in [0.15, 0.2) is 0 Å². The normalized spacial score (nSPS) is 25.3. The molecule has 114 valence electrons. The van der Waals surface area contributed by atoms with Crippen LogP contribution in [-0.4, -0.2) is 54.6 Å². The number of nitrogens with zero attached hydrogens (tertiary/aromatic N) is 1. The lowest BCUT2D eigenvalue weighted by Gasteiger charge is -2.40. The van der Waals surface area contributed by atoms with Gasteiger partial charge in [-0.2, -0.15) is 0 Å². The lowest BCUT2D eigenvalue weighted by Crippen LogP contribution is -2.62. The number of ether oxygens (including phenoxy) is 1. The van der Waals surface area contributed by atoms with Gasteiger partial charge in [0.1, 0.15) is 6.04 Å². The molecule has 1 saturated carbocycles. The summed E-state index contributed by atoms with van der Waals surface area (Å²) in [6.45, 7) is 5.30. The Morgan fingerprint density at radius 2 is 2.05 bits per heavy atom. The largest absolute Gasteiger partial charge is 0.378 e. The van der Waals surface area contributed by atoms with E-state index in [0.29, 0.717) is 25.8 Å². The van der Waals surface area contributed by atoms with Crippen LogP contribution in [0.2, 0.25) is 0 Å². The molecule has 0 aromatic heterocycles. The second-order valence-electron chi connectivity index (χ2n) is 5.81. The Bertz CT molecular complexity index is 371. The van der Waals surface area contributed by atoms with Gasteiger partial charge in [-0.25, -0.2) is 5.84 Å². The predicted octanol–water partition coefficient (Wildman–Crippen LogP) is -1.02. The van der Waals surface area contributed by atoms with Crippen molar-refractivity contribution in [3.05, 3.63) is 0 Å². The summed E-state index contributed by atoms with van der Waals surface area (Å²) < 4.78 is 5.41. The number of amides is 2. The van der Waals surface area contributed by atoms with E-state index in [1.165, 1.54) is 0 Å². The van der Waals surface area contributed by atoms with Crippen LogP contribution in [0.25, 0.3) is 0 Å². The summed E-state index contributed by atoms with van der Waals surface area (Å²) in [6, 6.07) is -0.542. The number of carbonyl (C=O) groups is 2. The summed E-state index contributed by atoms with van der Waals surface area (Å²) in [5, 5.41) is 2.98. The maximum Gasteiger partial charge on any atom is 0.251 e. The molecule has 20 heavy (non-hydrogen) atoms. The van der Waals surface area contributed by atoms with E-state index in [0.717, 1.165) is 12.8 Å². The molecule has 0 bridgehead atoms. The Morgan fingerprint density at radius 1 is 1.35 bits per heavy atom. The second kappa shape index (κ2) is 6.51. The van der Waals surface area contributed by atoms with Crippen LogP contribution < -0.4 is 16.6 Å². The SMILES string of the molecule is CC(C)C(C(=O)NN)N1CCOCC1C(=O)NC1CC1. The smallest absolute Gasteiger partial charge is 0.251 e. The number of carbonyl (C=O) groups excluding carboxylic acids is 2. The average molecular weight is 284 g/mol. The van der Waals surface area contributed by atoms with Gasteiger partial charge in [-0.05, 0) is 18.8 Å². The van der Waals surface area contributed by atoms with Crippen LogP contribution in [0.4, 0.5) is 0 Å². The quantitative estimate of drug-likeness (QED) is 0.341. The Labute approximate surface area is 119 Å².